The predicted molar refractivity (Wildman–Crippen MR) is 105 cm³/mol. The molecule has 1 atom stereocenters. The Hall–Kier alpha value is -0.975. The minimum absolute atomic E-state index is 0.969. The van der Waals surface area contributed by atoms with E-state index in [1.165, 1.54) is 68.8 Å². The van der Waals surface area contributed by atoms with Crippen LogP contribution in [0.4, 0.5) is 0 Å². The van der Waals surface area contributed by atoms with Gasteiger partial charge in [-0.15, -0.1) is 0 Å². The van der Waals surface area contributed by atoms with Gasteiger partial charge in [-0.25, -0.2) is 0 Å². The van der Waals surface area contributed by atoms with Crippen LogP contribution in [0.25, 0.3) is 5.57 Å². The first-order valence-corrected chi connectivity index (χ1v) is 10.1. The lowest BCUT2D eigenvalue weighted by atomic mass is 9.70. The van der Waals surface area contributed by atoms with Crippen molar-refractivity contribution in [2.45, 2.75) is 71.5 Å². The Morgan fingerprint density at radius 2 is 1.70 bits per heavy atom. The van der Waals surface area contributed by atoms with Gasteiger partial charge in [-0.2, -0.15) is 0 Å². The van der Waals surface area contributed by atoms with E-state index in [1.807, 2.05) is 0 Å². The van der Waals surface area contributed by atoms with E-state index < -0.39 is 0 Å². The summed E-state index contributed by atoms with van der Waals surface area (Å²) in [6.45, 7) is 4.57. The third-order valence-electron chi connectivity index (χ3n) is 6.44. The fourth-order valence-corrected chi connectivity index (χ4v) is 4.86. The van der Waals surface area contributed by atoms with Gasteiger partial charge in [0.05, 0.1) is 0 Å². The van der Waals surface area contributed by atoms with Crippen molar-refractivity contribution in [3.63, 3.8) is 0 Å². The van der Waals surface area contributed by atoms with Crippen molar-refractivity contribution in [3.8, 4) is 0 Å². The van der Waals surface area contributed by atoms with Gasteiger partial charge in [0, 0.05) is 0 Å². The summed E-state index contributed by atoms with van der Waals surface area (Å²) in [7, 11) is 1.14. The molecule has 0 radical (unpaired) electrons. The van der Waals surface area contributed by atoms with Crippen LogP contribution in [0.3, 0.4) is 0 Å². The van der Waals surface area contributed by atoms with E-state index in [0.29, 0.717) is 0 Å². The topological polar surface area (TPSA) is 0 Å². The SMILES string of the molecule is CBc1ccc(C2=CCC(C3CCC(CCC)CC3)CC2)cc1. The van der Waals surface area contributed by atoms with Gasteiger partial charge >= 0.3 is 0 Å². The third-order valence-corrected chi connectivity index (χ3v) is 6.44. The highest BCUT2D eigenvalue weighted by atomic mass is 14.3. The zero-order valence-corrected chi connectivity index (χ0v) is 15.2. The van der Waals surface area contributed by atoms with Crippen LogP contribution >= 0.6 is 0 Å². The quantitative estimate of drug-likeness (QED) is 0.622. The van der Waals surface area contributed by atoms with Crippen molar-refractivity contribution in [1.29, 1.82) is 0 Å². The van der Waals surface area contributed by atoms with Crippen molar-refractivity contribution in [3.05, 3.63) is 35.9 Å². The largest absolute Gasteiger partial charge is 0.154 e. The Balaban J connectivity index is 1.54. The highest BCUT2D eigenvalue weighted by Crippen LogP contribution is 2.41. The van der Waals surface area contributed by atoms with Crippen LogP contribution in [0, 0.1) is 17.8 Å². The summed E-state index contributed by atoms with van der Waals surface area (Å²) in [5, 5.41) is 0. The summed E-state index contributed by atoms with van der Waals surface area (Å²) >= 11 is 0. The second kappa shape index (κ2) is 8.22. The molecule has 1 fully saturated rings. The van der Waals surface area contributed by atoms with Gasteiger partial charge in [-0.1, -0.05) is 75.2 Å². The van der Waals surface area contributed by atoms with Gasteiger partial charge in [0.25, 0.3) is 0 Å². The average Bonchev–Trinajstić information content (AvgIpc) is 2.63. The number of hydrogen-bond donors (Lipinski definition) is 0. The molecule has 0 amide bonds. The van der Waals surface area contributed by atoms with Crippen LogP contribution in [0.1, 0.15) is 70.3 Å². The van der Waals surface area contributed by atoms with Crippen LogP contribution in [0.15, 0.2) is 30.3 Å². The molecule has 1 unspecified atom stereocenters. The molecule has 1 saturated carbocycles. The highest BCUT2D eigenvalue weighted by Gasteiger charge is 2.28. The minimum atomic E-state index is 0.969. The summed E-state index contributed by atoms with van der Waals surface area (Å²) in [4.78, 5) is 0. The molecule has 1 aromatic rings. The van der Waals surface area contributed by atoms with Gasteiger partial charge in [0.1, 0.15) is 0 Å². The summed E-state index contributed by atoms with van der Waals surface area (Å²) in [5.74, 6) is 3.03. The fraction of sp³-hybridized carbons (Fsp3) is 0.636. The zero-order valence-electron chi connectivity index (χ0n) is 15.2. The van der Waals surface area contributed by atoms with Crippen LogP contribution < -0.4 is 5.46 Å². The molecule has 23 heavy (non-hydrogen) atoms. The van der Waals surface area contributed by atoms with Crippen molar-refractivity contribution in [2.24, 2.45) is 17.8 Å². The number of hydrogen-bond acceptors (Lipinski definition) is 0. The molecule has 2 aliphatic carbocycles. The Kier molecular flexibility index (Phi) is 6.03. The molecule has 124 valence electrons. The molecule has 0 spiro atoms. The fourth-order valence-electron chi connectivity index (χ4n) is 4.86. The molecule has 0 nitrogen and oxygen atoms in total. The monoisotopic (exact) mass is 308 g/mol. The molecule has 0 N–H and O–H groups in total. The Bertz CT molecular complexity index is 505. The van der Waals surface area contributed by atoms with Crippen molar-refractivity contribution >= 4 is 18.3 Å². The molecule has 0 heterocycles. The second-order valence-electron chi connectivity index (χ2n) is 7.88. The molecule has 0 saturated heterocycles. The highest BCUT2D eigenvalue weighted by molar-refractivity contribution is 6.51. The smallest absolute Gasteiger partial charge is 0.0849 e. The van der Waals surface area contributed by atoms with E-state index in [2.05, 4.69) is 44.1 Å². The van der Waals surface area contributed by atoms with Crippen molar-refractivity contribution < 1.29 is 0 Å². The summed E-state index contributed by atoms with van der Waals surface area (Å²) in [6, 6.07) is 9.27. The molecule has 0 aromatic heterocycles. The Morgan fingerprint density at radius 3 is 2.26 bits per heavy atom. The normalized spacial score (nSPS) is 28.3. The van der Waals surface area contributed by atoms with E-state index >= 15 is 0 Å². The lowest BCUT2D eigenvalue weighted by Gasteiger charge is -2.35. The molecule has 0 aliphatic heterocycles. The number of benzene rings is 1. The molecule has 2 aliphatic rings. The van der Waals surface area contributed by atoms with Crippen LogP contribution in [-0.2, 0) is 0 Å². The Morgan fingerprint density at radius 1 is 0.957 bits per heavy atom. The van der Waals surface area contributed by atoms with E-state index in [-0.39, 0.29) is 0 Å². The molecule has 1 heteroatoms. The van der Waals surface area contributed by atoms with Gasteiger partial charge in [-0.3, -0.25) is 0 Å². The molecule has 3 rings (SSSR count). The third kappa shape index (κ3) is 4.31. The van der Waals surface area contributed by atoms with Crippen LogP contribution in [0.5, 0.6) is 0 Å². The molecular weight excluding hydrogens is 275 g/mol. The summed E-state index contributed by atoms with van der Waals surface area (Å²) < 4.78 is 0. The number of rotatable bonds is 5. The van der Waals surface area contributed by atoms with Gasteiger partial charge in [-0.05, 0) is 61.0 Å². The maximum atomic E-state index is 2.56. The van der Waals surface area contributed by atoms with Gasteiger partial charge < -0.3 is 0 Å². The first-order valence-electron chi connectivity index (χ1n) is 10.1. The summed E-state index contributed by atoms with van der Waals surface area (Å²) in [5.41, 5.74) is 4.52. The molecule has 0 bridgehead atoms. The lowest BCUT2D eigenvalue weighted by molar-refractivity contribution is 0.189. The molecule has 1 aromatic carbocycles. The lowest BCUT2D eigenvalue weighted by Crippen LogP contribution is -2.23. The number of allylic oxidation sites excluding steroid dienone is 2. The van der Waals surface area contributed by atoms with E-state index in [4.69, 9.17) is 0 Å². The first kappa shape index (κ1) is 16.9. The maximum absolute atomic E-state index is 2.56. The molecular formula is C22H33B. The van der Waals surface area contributed by atoms with Crippen molar-refractivity contribution in [2.75, 3.05) is 0 Å². The maximum Gasteiger partial charge on any atom is 0.154 e. The van der Waals surface area contributed by atoms with E-state index in [1.54, 1.807) is 5.57 Å². The van der Waals surface area contributed by atoms with Crippen molar-refractivity contribution in [1.82, 2.24) is 0 Å². The van der Waals surface area contributed by atoms with Crippen LogP contribution in [-0.4, -0.2) is 7.28 Å². The van der Waals surface area contributed by atoms with Crippen LogP contribution in [0.2, 0.25) is 6.82 Å². The average molecular weight is 308 g/mol. The minimum Gasteiger partial charge on any atom is -0.0849 e. The van der Waals surface area contributed by atoms with Gasteiger partial charge in [0.2, 0.25) is 0 Å². The van der Waals surface area contributed by atoms with E-state index in [0.717, 1.165) is 25.0 Å². The standard InChI is InChI=1S/C22H33B/c1-3-4-17-5-7-18(8-6-17)19-9-11-20(12-10-19)21-13-15-22(23-2)16-14-21/h11,13-19,23H,3-10,12H2,1-2H3. The van der Waals surface area contributed by atoms with Gasteiger partial charge in [0.15, 0.2) is 7.28 Å². The Labute approximate surface area is 144 Å². The second-order valence-corrected chi connectivity index (χ2v) is 7.88. The van der Waals surface area contributed by atoms with E-state index in [9.17, 15) is 0 Å². The predicted octanol–water partition coefficient (Wildman–Crippen LogP) is 5.59. The first-order chi connectivity index (χ1) is 11.3. The zero-order chi connectivity index (χ0) is 16.1. The summed E-state index contributed by atoms with van der Waals surface area (Å²) in [6.07, 6.45) is 15.5.